The number of thioether (sulfide) groups is 1. The van der Waals surface area contributed by atoms with Gasteiger partial charge in [0, 0.05) is 27.6 Å². The van der Waals surface area contributed by atoms with E-state index in [-0.39, 0.29) is 40.3 Å². The van der Waals surface area contributed by atoms with Gasteiger partial charge in [-0.3, -0.25) is 14.4 Å². The minimum absolute atomic E-state index is 0.0447. The zero-order valence-corrected chi connectivity index (χ0v) is 25.4. The summed E-state index contributed by atoms with van der Waals surface area (Å²) >= 11 is 4.52. The van der Waals surface area contributed by atoms with Crippen LogP contribution in [0.4, 0.5) is 0 Å². The Morgan fingerprint density at radius 1 is 1.31 bits per heavy atom. The molecule has 5 rings (SSSR count). The lowest BCUT2D eigenvalue weighted by Crippen LogP contribution is -2.63. The molecule has 0 radical (unpaired) electrons. The maximum Gasteiger partial charge on any atom is 0.316 e. The molecule has 2 N–H and O–H groups in total. The van der Waals surface area contributed by atoms with E-state index in [1.54, 1.807) is 24.3 Å². The van der Waals surface area contributed by atoms with Crippen molar-refractivity contribution in [1.29, 1.82) is 0 Å². The summed E-state index contributed by atoms with van der Waals surface area (Å²) in [6, 6.07) is 5.24. The third kappa shape index (κ3) is 4.52. The maximum atomic E-state index is 13.5. The second kappa shape index (κ2) is 10.1. The Labute approximate surface area is 241 Å². The molecule has 210 valence electrons. The van der Waals surface area contributed by atoms with Crippen LogP contribution in [0.1, 0.15) is 59.8 Å². The van der Waals surface area contributed by atoms with Crippen molar-refractivity contribution in [1.82, 2.24) is 9.97 Å². The van der Waals surface area contributed by atoms with Crippen LogP contribution in [0.3, 0.4) is 0 Å². The average Bonchev–Trinajstić information content (AvgIpc) is 3.25. The summed E-state index contributed by atoms with van der Waals surface area (Å²) < 4.78 is 7.09. The number of fused-ring (bicyclic) bond motifs is 1. The van der Waals surface area contributed by atoms with Gasteiger partial charge < -0.3 is 14.8 Å². The zero-order chi connectivity index (χ0) is 28.3. The Balaban J connectivity index is 1.45. The summed E-state index contributed by atoms with van der Waals surface area (Å²) in [7, 11) is 0. The Hall–Kier alpha value is -1.97. The van der Waals surface area contributed by atoms with Crippen molar-refractivity contribution < 1.29 is 19.4 Å². The summed E-state index contributed by atoms with van der Waals surface area (Å²) in [5, 5.41) is 12.5. The standard InChI is InChI=1S/C30H37BrN2O5S/c1-6-28(4)14-22(29(5)16(2)9-11-30(17(3)25(28)36)12-10-21(34)24(29)30)38-23(35)15-39-27-32-20-13-18(31)7-8-19(20)26(37)33-27/h6-8,13,16-17,22,24-25,36H,1,9-12,14-15H2,2-5H3,(H,32,33,37)/t16-,17+,22-,24+,25+,28-,29+,30+/m1/s1. The van der Waals surface area contributed by atoms with Crippen molar-refractivity contribution in [3.8, 4) is 0 Å². The van der Waals surface area contributed by atoms with Crippen LogP contribution in [-0.2, 0) is 14.3 Å². The molecule has 3 fully saturated rings. The average molecular weight is 618 g/mol. The number of aliphatic hydroxyl groups is 1. The highest BCUT2D eigenvalue weighted by molar-refractivity contribution is 9.10. The molecule has 9 heteroatoms. The number of aromatic amines is 1. The largest absolute Gasteiger partial charge is 0.461 e. The van der Waals surface area contributed by atoms with E-state index in [1.165, 1.54) is 0 Å². The van der Waals surface area contributed by atoms with Gasteiger partial charge in [-0.2, -0.15) is 0 Å². The predicted molar refractivity (Wildman–Crippen MR) is 155 cm³/mol. The van der Waals surface area contributed by atoms with Crippen molar-refractivity contribution in [2.75, 3.05) is 5.75 Å². The Morgan fingerprint density at radius 3 is 2.77 bits per heavy atom. The first kappa shape index (κ1) is 28.6. The van der Waals surface area contributed by atoms with Gasteiger partial charge in [0.15, 0.2) is 5.16 Å². The van der Waals surface area contributed by atoms with Crippen molar-refractivity contribution >= 4 is 50.3 Å². The third-order valence-corrected chi connectivity index (χ3v) is 11.9. The van der Waals surface area contributed by atoms with E-state index in [2.05, 4.69) is 53.2 Å². The van der Waals surface area contributed by atoms with Crippen molar-refractivity contribution in [2.45, 2.75) is 77.2 Å². The quantitative estimate of drug-likeness (QED) is 0.192. The van der Waals surface area contributed by atoms with E-state index in [1.807, 2.05) is 6.92 Å². The summed E-state index contributed by atoms with van der Waals surface area (Å²) in [6.07, 6.45) is 3.98. The van der Waals surface area contributed by atoms with Gasteiger partial charge in [0.25, 0.3) is 5.56 Å². The van der Waals surface area contributed by atoms with E-state index < -0.39 is 29.0 Å². The fraction of sp³-hybridized carbons (Fsp3) is 0.600. The molecule has 39 heavy (non-hydrogen) atoms. The molecule has 2 aromatic rings. The molecule has 3 aliphatic rings. The molecule has 0 saturated heterocycles. The van der Waals surface area contributed by atoms with Crippen LogP contribution in [0.5, 0.6) is 0 Å². The number of rotatable bonds is 5. The first-order chi connectivity index (χ1) is 18.4. The first-order valence-electron chi connectivity index (χ1n) is 13.7. The number of carbonyl (C=O) groups is 2. The Morgan fingerprint density at radius 2 is 2.05 bits per heavy atom. The molecule has 3 saturated carbocycles. The number of nitrogens with zero attached hydrogens (tertiary/aromatic N) is 1. The number of hydrogen-bond donors (Lipinski definition) is 2. The molecule has 0 aliphatic heterocycles. The smallest absolute Gasteiger partial charge is 0.316 e. The van der Waals surface area contributed by atoms with Gasteiger partial charge in [-0.15, -0.1) is 6.58 Å². The van der Waals surface area contributed by atoms with Gasteiger partial charge in [-0.05, 0) is 61.1 Å². The zero-order valence-electron chi connectivity index (χ0n) is 23.0. The lowest BCUT2D eigenvalue weighted by atomic mass is 9.44. The van der Waals surface area contributed by atoms with Crippen molar-refractivity contribution in [3.05, 3.63) is 45.7 Å². The predicted octanol–water partition coefficient (Wildman–Crippen LogP) is 5.68. The molecular weight excluding hydrogens is 580 g/mol. The molecule has 2 bridgehead atoms. The molecule has 0 spiro atoms. The number of ketones is 1. The molecular formula is C30H37BrN2O5S. The first-order valence-corrected chi connectivity index (χ1v) is 15.5. The second-order valence-electron chi connectivity index (χ2n) is 12.4. The van der Waals surface area contributed by atoms with Crippen LogP contribution in [0.25, 0.3) is 10.9 Å². The third-order valence-electron chi connectivity index (χ3n) is 10.5. The van der Waals surface area contributed by atoms with E-state index in [0.29, 0.717) is 28.9 Å². The summed E-state index contributed by atoms with van der Waals surface area (Å²) in [5.74, 6) is -0.438. The lowest BCUT2D eigenvalue weighted by Gasteiger charge is -2.61. The number of esters is 1. The molecule has 1 aromatic heterocycles. The number of Topliss-reactive ketones (excluding diaryl/α,β-unsaturated/α-hetero) is 1. The highest BCUT2D eigenvalue weighted by atomic mass is 79.9. The summed E-state index contributed by atoms with van der Waals surface area (Å²) in [4.78, 5) is 46.7. The van der Waals surface area contributed by atoms with E-state index in [0.717, 1.165) is 35.5 Å². The molecule has 1 aromatic carbocycles. The SMILES string of the molecule is C=C[C@]1(C)C[C@@H](OC(=O)CSc2nc3cc(Br)ccc3c(=O)[nH]2)[C@]2(C)[C@H](C)CC[C@]3(CCC(=O)[C@H]32)[C@@H](C)[C@@H]1O. The highest BCUT2D eigenvalue weighted by Crippen LogP contribution is 2.68. The Kier molecular flexibility index (Phi) is 7.42. The van der Waals surface area contributed by atoms with Crippen LogP contribution in [0.15, 0.2) is 45.3 Å². The minimum Gasteiger partial charge on any atom is -0.461 e. The fourth-order valence-corrected chi connectivity index (χ4v) is 8.98. The monoisotopic (exact) mass is 616 g/mol. The lowest BCUT2D eigenvalue weighted by molar-refractivity contribution is -0.205. The molecule has 0 amide bonds. The van der Waals surface area contributed by atoms with Crippen molar-refractivity contribution in [3.63, 3.8) is 0 Å². The molecule has 7 nitrogen and oxygen atoms in total. The number of benzene rings is 1. The topological polar surface area (TPSA) is 109 Å². The van der Waals surface area contributed by atoms with Gasteiger partial charge in [0.1, 0.15) is 11.9 Å². The van der Waals surface area contributed by atoms with Crippen LogP contribution in [0.2, 0.25) is 0 Å². The summed E-state index contributed by atoms with van der Waals surface area (Å²) in [5.41, 5.74) is -1.30. The molecule has 1 heterocycles. The van der Waals surface area contributed by atoms with Crippen LogP contribution in [0, 0.1) is 34.0 Å². The highest BCUT2D eigenvalue weighted by Gasteiger charge is 2.68. The molecule has 3 aliphatic carbocycles. The van der Waals surface area contributed by atoms with E-state index in [4.69, 9.17) is 4.74 Å². The summed E-state index contributed by atoms with van der Waals surface area (Å²) in [6.45, 7) is 12.4. The second-order valence-corrected chi connectivity index (χ2v) is 14.3. The maximum absolute atomic E-state index is 13.5. The number of H-pyrrole nitrogens is 1. The number of aromatic nitrogens is 2. The molecule has 8 atom stereocenters. The van der Waals surface area contributed by atoms with Crippen LogP contribution in [-0.4, -0.2) is 44.8 Å². The van der Waals surface area contributed by atoms with Gasteiger partial charge >= 0.3 is 5.97 Å². The van der Waals surface area contributed by atoms with E-state index >= 15 is 0 Å². The number of nitrogens with one attached hydrogen (secondary N) is 1. The van der Waals surface area contributed by atoms with Gasteiger partial charge in [0.2, 0.25) is 0 Å². The number of aliphatic hydroxyl groups excluding tert-OH is 1. The van der Waals surface area contributed by atoms with Crippen LogP contribution >= 0.6 is 27.7 Å². The normalized spacial score (nSPS) is 38.1. The van der Waals surface area contributed by atoms with Crippen molar-refractivity contribution in [2.24, 2.45) is 34.0 Å². The number of ether oxygens (including phenoxy) is 1. The van der Waals surface area contributed by atoms with Crippen LogP contribution < -0.4 is 5.56 Å². The van der Waals surface area contributed by atoms with Gasteiger partial charge in [-0.1, -0.05) is 61.5 Å². The molecule has 0 unspecified atom stereocenters. The van der Waals surface area contributed by atoms with Gasteiger partial charge in [-0.25, -0.2) is 4.98 Å². The fourth-order valence-electron chi connectivity index (χ4n) is 7.98. The number of carbonyl (C=O) groups excluding carboxylic acids is 2. The van der Waals surface area contributed by atoms with Gasteiger partial charge in [0.05, 0.1) is 22.8 Å². The van der Waals surface area contributed by atoms with E-state index in [9.17, 15) is 19.5 Å². The number of hydrogen-bond acceptors (Lipinski definition) is 7. The Bertz CT molecular complexity index is 1400. The number of halogens is 1. The minimum atomic E-state index is -0.705.